The van der Waals surface area contributed by atoms with Gasteiger partial charge in [-0.2, -0.15) is 0 Å². The Hall–Kier alpha value is -0.660. The Morgan fingerprint density at radius 2 is 2.50 bits per heavy atom. The van der Waals surface area contributed by atoms with Crippen molar-refractivity contribution in [1.82, 2.24) is 0 Å². The first-order valence-electron chi connectivity index (χ1n) is 1.75. The van der Waals surface area contributed by atoms with Gasteiger partial charge in [0, 0.05) is 12.1 Å². The molecule has 0 aliphatic carbocycles. The van der Waals surface area contributed by atoms with Crippen LogP contribution >= 0.6 is 0 Å². The van der Waals surface area contributed by atoms with Crippen LogP contribution in [-0.2, 0) is 4.79 Å². The van der Waals surface area contributed by atoms with Crippen LogP contribution in [0.25, 0.3) is 0 Å². The first-order chi connectivity index (χ1) is 2.77. The van der Waals surface area contributed by atoms with Gasteiger partial charge in [-0.3, -0.25) is 0 Å². The third-order valence-corrected chi connectivity index (χ3v) is 0.390. The number of carbonyl (C=O) groups is 1. The lowest BCUT2D eigenvalue weighted by atomic mass is 10.3. The minimum Gasteiger partial charge on any atom is -0.310 e. The van der Waals surface area contributed by atoms with E-state index in [9.17, 15) is 4.79 Å². The van der Waals surface area contributed by atoms with Crippen LogP contribution in [0.5, 0.6) is 0 Å². The van der Waals surface area contributed by atoms with Crippen LogP contribution in [0.4, 0.5) is 0 Å². The molecular formula is C4H7NO. The van der Waals surface area contributed by atoms with Gasteiger partial charge in [-0.15, -0.1) is 0 Å². The minimum atomic E-state index is 0.278. The molecule has 0 aliphatic rings. The number of hydrogen-bond acceptors (Lipinski definition) is 2. The first kappa shape index (κ1) is 5.34. The summed E-state index contributed by atoms with van der Waals surface area (Å²) in [4.78, 5) is 9.47. The topological polar surface area (TPSA) is 40.9 Å². The Bertz CT molecular complexity index is 67.9. The van der Waals surface area contributed by atoms with Crippen molar-refractivity contribution in [2.24, 2.45) is 0 Å². The van der Waals surface area contributed by atoms with Gasteiger partial charge < -0.3 is 10.2 Å². The van der Waals surface area contributed by atoms with Crippen LogP contribution in [0.2, 0.25) is 0 Å². The Balaban J connectivity index is 3.05. The minimum absolute atomic E-state index is 0.278. The largest absolute Gasteiger partial charge is 0.310 e. The normalized spacial score (nSPS) is 7.50. The zero-order valence-corrected chi connectivity index (χ0v) is 3.69. The molecule has 0 amide bonds. The monoisotopic (exact) mass is 85.1 g/mol. The van der Waals surface area contributed by atoms with E-state index in [0.717, 1.165) is 6.29 Å². The molecule has 0 aliphatic heterocycles. The number of hydrogen-bond donors (Lipinski definition) is 1. The molecule has 0 atom stereocenters. The van der Waals surface area contributed by atoms with E-state index in [0.29, 0.717) is 5.71 Å². The Morgan fingerprint density at radius 3 is 2.50 bits per heavy atom. The summed E-state index contributed by atoms with van der Waals surface area (Å²) < 4.78 is 0. The van der Waals surface area contributed by atoms with E-state index in [1.54, 1.807) is 6.92 Å². The van der Waals surface area contributed by atoms with E-state index in [1.165, 1.54) is 0 Å². The summed E-state index contributed by atoms with van der Waals surface area (Å²) >= 11 is 0. The van der Waals surface area contributed by atoms with Gasteiger partial charge in [0.2, 0.25) is 0 Å². The highest BCUT2D eigenvalue weighted by atomic mass is 16.1. The van der Waals surface area contributed by atoms with Gasteiger partial charge in [0.05, 0.1) is 0 Å². The number of carbonyl (C=O) groups excluding carboxylic acids is 1. The van der Waals surface area contributed by atoms with Gasteiger partial charge in [-0.05, 0) is 6.92 Å². The maximum Gasteiger partial charge on any atom is 0.125 e. The van der Waals surface area contributed by atoms with Crippen molar-refractivity contribution in [2.45, 2.75) is 13.3 Å². The molecule has 1 N–H and O–H groups in total. The second-order valence-corrected chi connectivity index (χ2v) is 1.15. The molecule has 0 fully saturated rings. The average Bonchev–Trinajstić information content (AvgIpc) is 1.35. The summed E-state index contributed by atoms with van der Waals surface area (Å²) in [5.41, 5.74) is 0.421. The zero-order valence-electron chi connectivity index (χ0n) is 3.69. The quantitative estimate of drug-likeness (QED) is 0.387. The number of nitrogens with one attached hydrogen (secondary N) is 1. The van der Waals surface area contributed by atoms with Crippen molar-refractivity contribution in [3.05, 3.63) is 0 Å². The molecule has 0 radical (unpaired) electrons. The van der Waals surface area contributed by atoms with Crippen molar-refractivity contribution in [1.29, 1.82) is 5.41 Å². The molecule has 0 aromatic carbocycles. The predicted octanol–water partition coefficient (Wildman–Crippen LogP) is 0.615. The van der Waals surface area contributed by atoms with Crippen LogP contribution in [-0.4, -0.2) is 12.0 Å². The third kappa shape index (κ3) is 3.34. The van der Waals surface area contributed by atoms with Crippen LogP contribution in [0.15, 0.2) is 0 Å². The molecule has 0 heterocycles. The maximum absolute atomic E-state index is 9.47. The summed E-state index contributed by atoms with van der Waals surface area (Å²) in [7, 11) is 0. The van der Waals surface area contributed by atoms with Gasteiger partial charge in [0.1, 0.15) is 6.29 Å². The summed E-state index contributed by atoms with van der Waals surface area (Å²) in [5.74, 6) is 0. The molecule has 0 aromatic heterocycles. The van der Waals surface area contributed by atoms with Crippen LogP contribution in [0.1, 0.15) is 13.3 Å². The van der Waals surface area contributed by atoms with Crippen molar-refractivity contribution in [2.75, 3.05) is 0 Å². The smallest absolute Gasteiger partial charge is 0.125 e. The summed E-state index contributed by atoms with van der Waals surface area (Å²) in [6.07, 6.45) is 1.00. The summed E-state index contributed by atoms with van der Waals surface area (Å²) in [6, 6.07) is 0. The molecule has 2 heteroatoms. The van der Waals surface area contributed by atoms with Gasteiger partial charge in [-0.25, -0.2) is 0 Å². The van der Waals surface area contributed by atoms with Crippen molar-refractivity contribution < 1.29 is 4.79 Å². The van der Waals surface area contributed by atoms with E-state index in [4.69, 9.17) is 5.41 Å². The fourth-order valence-corrected chi connectivity index (χ4v) is 0.125. The van der Waals surface area contributed by atoms with E-state index in [-0.39, 0.29) is 6.42 Å². The van der Waals surface area contributed by atoms with Gasteiger partial charge in [0.25, 0.3) is 0 Å². The highest BCUT2D eigenvalue weighted by Crippen LogP contribution is 1.70. The second kappa shape index (κ2) is 2.57. The highest BCUT2D eigenvalue weighted by molar-refractivity contribution is 5.89. The lowest BCUT2D eigenvalue weighted by molar-refractivity contribution is -0.106. The Labute approximate surface area is 36.7 Å². The molecule has 2 nitrogen and oxygen atoms in total. The van der Waals surface area contributed by atoms with E-state index in [1.807, 2.05) is 0 Å². The Morgan fingerprint density at radius 1 is 2.00 bits per heavy atom. The molecule has 0 rings (SSSR count). The summed E-state index contributed by atoms with van der Waals surface area (Å²) in [6.45, 7) is 1.61. The van der Waals surface area contributed by atoms with E-state index in [2.05, 4.69) is 0 Å². The molecule has 34 valence electrons. The average molecular weight is 85.1 g/mol. The van der Waals surface area contributed by atoms with Crippen LogP contribution in [0, 0.1) is 5.41 Å². The van der Waals surface area contributed by atoms with Crippen molar-refractivity contribution >= 4 is 12.0 Å². The highest BCUT2D eigenvalue weighted by Gasteiger charge is 1.78. The molecule has 0 saturated heterocycles. The fraction of sp³-hybridized carbons (Fsp3) is 0.500. The molecule has 0 unspecified atom stereocenters. The Kier molecular flexibility index (Phi) is 2.29. The van der Waals surface area contributed by atoms with E-state index >= 15 is 0 Å². The summed E-state index contributed by atoms with van der Waals surface area (Å²) in [5, 5.41) is 6.66. The molecule has 6 heavy (non-hydrogen) atoms. The zero-order chi connectivity index (χ0) is 4.99. The maximum atomic E-state index is 9.47. The standard InChI is InChI=1S/C4H7NO/c1-4(5)2-3-6/h3,5H,2H2,1H3. The lowest BCUT2D eigenvalue weighted by Crippen LogP contribution is -1.85. The first-order valence-corrected chi connectivity index (χ1v) is 1.75. The SMILES string of the molecule is CC(=N)CC=O. The van der Waals surface area contributed by atoms with Gasteiger partial charge in [-0.1, -0.05) is 0 Å². The predicted molar refractivity (Wildman–Crippen MR) is 24.1 cm³/mol. The van der Waals surface area contributed by atoms with Crippen molar-refractivity contribution in [3.63, 3.8) is 0 Å². The molecule has 0 saturated carbocycles. The molecular weight excluding hydrogens is 78.0 g/mol. The van der Waals surface area contributed by atoms with Crippen LogP contribution < -0.4 is 0 Å². The lowest BCUT2D eigenvalue weighted by Gasteiger charge is -1.77. The molecule has 0 spiro atoms. The fourth-order valence-electron chi connectivity index (χ4n) is 0.125. The van der Waals surface area contributed by atoms with E-state index < -0.39 is 0 Å². The third-order valence-electron chi connectivity index (χ3n) is 0.390. The number of aldehydes is 1. The molecule has 0 aromatic rings. The van der Waals surface area contributed by atoms with Gasteiger partial charge in [0.15, 0.2) is 0 Å². The second-order valence-electron chi connectivity index (χ2n) is 1.15. The van der Waals surface area contributed by atoms with Crippen molar-refractivity contribution in [3.8, 4) is 0 Å². The van der Waals surface area contributed by atoms with Crippen LogP contribution in [0.3, 0.4) is 0 Å². The molecule has 0 bridgehead atoms. The van der Waals surface area contributed by atoms with Gasteiger partial charge >= 0.3 is 0 Å². The number of rotatable bonds is 2.